The molecule has 0 aliphatic carbocycles. The van der Waals surface area contributed by atoms with Gasteiger partial charge in [0.1, 0.15) is 11.2 Å². The topological polar surface area (TPSA) is 61.7 Å². The number of aromatic nitrogens is 5. The summed E-state index contributed by atoms with van der Waals surface area (Å²) in [6.07, 6.45) is 0. The molecule has 6 nitrogen and oxygen atoms in total. The van der Waals surface area contributed by atoms with Crippen molar-refractivity contribution in [3.05, 3.63) is 188 Å². The van der Waals surface area contributed by atoms with Gasteiger partial charge < -0.3 is 8.98 Å². The summed E-state index contributed by atoms with van der Waals surface area (Å²) in [5, 5.41) is 6.86. The number of hydrogen-bond donors (Lipinski definition) is 0. The van der Waals surface area contributed by atoms with Crippen molar-refractivity contribution in [2.24, 2.45) is 0 Å². The van der Waals surface area contributed by atoms with E-state index in [1.165, 1.54) is 10.8 Å². The molecule has 0 radical (unpaired) electrons. The lowest BCUT2D eigenvalue weighted by Crippen LogP contribution is -2.06. The van der Waals surface area contributed by atoms with Crippen LogP contribution in [-0.2, 0) is 0 Å². The first-order valence-corrected chi connectivity index (χ1v) is 19.1. The van der Waals surface area contributed by atoms with Gasteiger partial charge in [0, 0.05) is 49.1 Å². The van der Waals surface area contributed by atoms with Gasteiger partial charge in [-0.2, -0.15) is 9.97 Å². The summed E-state index contributed by atoms with van der Waals surface area (Å²) in [4.78, 5) is 15.6. The van der Waals surface area contributed by atoms with Gasteiger partial charge in [0.2, 0.25) is 5.95 Å². The fourth-order valence-corrected chi connectivity index (χ4v) is 8.64. The third-order valence-corrected chi connectivity index (χ3v) is 11.2. The maximum Gasteiger partial charge on any atom is 0.238 e. The van der Waals surface area contributed by atoms with E-state index in [-0.39, 0.29) is 0 Å². The molecule has 0 saturated carbocycles. The first kappa shape index (κ1) is 31.5. The predicted octanol–water partition coefficient (Wildman–Crippen LogP) is 13.0. The molecule has 4 aromatic heterocycles. The minimum Gasteiger partial charge on any atom is -0.456 e. The fourth-order valence-electron chi connectivity index (χ4n) is 8.64. The highest BCUT2D eigenvalue weighted by Crippen LogP contribution is 2.43. The predicted molar refractivity (Wildman–Crippen MR) is 232 cm³/mol. The zero-order chi connectivity index (χ0) is 37.5. The van der Waals surface area contributed by atoms with E-state index in [1.54, 1.807) is 0 Å². The molecule has 0 N–H and O–H groups in total. The second kappa shape index (κ2) is 12.3. The van der Waals surface area contributed by atoms with Crippen LogP contribution >= 0.6 is 0 Å². The van der Waals surface area contributed by atoms with Crippen LogP contribution < -0.4 is 0 Å². The Morgan fingerprint density at radius 1 is 0.333 bits per heavy atom. The zero-order valence-corrected chi connectivity index (χ0v) is 30.5. The molecule has 0 spiro atoms. The van der Waals surface area contributed by atoms with Gasteiger partial charge in [0.15, 0.2) is 11.6 Å². The summed E-state index contributed by atoms with van der Waals surface area (Å²) < 4.78 is 10.8. The lowest BCUT2D eigenvalue weighted by atomic mass is 10.0. The van der Waals surface area contributed by atoms with E-state index in [0.29, 0.717) is 17.6 Å². The lowest BCUT2D eigenvalue weighted by Gasteiger charge is -2.12. The van der Waals surface area contributed by atoms with Crippen LogP contribution in [0.3, 0.4) is 0 Å². The summed E-state index contributed by atoms with van der Waals surface area (Å²) in [5.74, 6) is 1.80. The van der Waals surface area contributed by atoms with E-state index in [4.69, 9.17) is 19.4 Å². The zero-order valence-electron chi connectivity index (χ0n) is 30.5. The van der Waals surface area contributed by atoms with Crippen molar-refractivity contribution in [1.29, 1.82) is 0 Å². The minimum absolute atomic E-state index is 0.565. The van der Waals surface area contributed by atoms with Crippen molar-refractivity contribution in [2.45, 2.75) is 0 Å². The van der Waals surface area contributed by atoms with Crippen molar-refractivity contribution in [3.8, 4) is 45.5 Å². The second-order valence-electron chi connectivity index (χ2n) is 14.4. The maximum absolute atomic E-state index is 6.22. The molecule has 0 aliphatic heterocycles. The van der Waals surface area contributed by atoms with Gasteiger partial charge in [0.25, 0.3) is 0 Å². The van der Waals surface area contributed by atoms with Gasteiger partial charge in [-0.05, 0) is 65.7 Å². The van der Waals surface area contributed by atoms with Crippen LogP contribution in [0.25, 0.3) is 111 Å². The van der Waals surface area contributed by atoms with Crippen LogP contribution in [0.4, 0.5) is 0 Å². The summed E-state index contributed by atoms with van der Waals surface area (Å²) >= 11 is 0. The Morgan fingerprint density at radius 3 is 1.61 bits per heavy atom. The number of furan rings is 1. The summed E-state index contributed by atoms with van der Waals surface area (Å²) in [5.41, 5.74) is 11.2. The van der Waals surface area contributed by atoms with Crippen LogP contribution in [0.15, 0.2) is 192 Å². The molecule has 6 heteroatoms. The van der Waals surface area contributed by atoms with E-state index >= 15 is 0 Å². The number of rotatable bonds is 5. The number of hydrogen-bond acceptors (Lipinski definition) is 4. The largest absolute Gasteiger partial charge is 0.456 e. The molecule has 0 amide bonds. The molecule has 0 aliphatic rings. The molecule has 266 valence electrons. The Kier molecular flexibility index (Phi) is 6.83. The monoisotopic (exact) mass is 729 g/mol. The summed E-state index contributed by atoms with van der Waals surface area (Å²) in [6, 6.07) is 65.5. The number of para-hydroxylation sites is 3. The molecule has 0 fully saturated rings. The number of benzene rings is 8. The molecule has 57 heavy (non-hydrogen) atoms. The van der Waals surface area contributed by atoms with Gasteiger partial charge in [-0.3, -0.25) is 4.57 Å². The van der Waals surface area contributed by atoms with Crippen molar-refractivity contribution in [2.75, 3.05) is 0 Å². The first-order chi connectivity index (χ1) is 28.3. The highest BCUT2D eigenvalue weighted by atomic mass is 16.3. The molecule has 0 bridgehead atoms. The smallest absolute Gasteiger partial charge is 0.238 e. The lowest BCUT2D eigenvalue weighted by molar-refractivity contribution is 0.669. The van der Waals surface area contributed by atoms with Crippen molar-refractivity contribution in [1.82, 2.24) is 24.1 Å². The maximum atomic E-state index is 6.22. The van der Waals surface area contributed by atoms with Crippen LogP contribution in [0.2, 0.25) is 0 Å². The normalized spacial score (nSPS) is 11.9. The Hall–Kier alpha value is -7.83. The Balaban J connectivity index is 1.13. The Bertz CT molecular complexity index is 3520. The summed E-state index contributed by atoms with van der Waals surface area (Å²) in [6.45, 7) is 0. The van der Waals surface area contributed by atoms with E-state index < -0.39 is 0 Å². The second-order valence-corrected chi connectivity index (χ2v) is 14.4. The molecule has 8 aromatic carbocycles. The van der Waals surface area contributed by atoms with Crippen LogP contribution in [0.5, 0.6) is 0 Å². The molecular weight excluding hydrogens is 699 g/mol. The van der Waals surface area contributed by atoms with Gasteiger partial charge in [0.05, 0.1) is 22.1 Å². The molecule has 0 saturated heterocycles. The molecule has 4 heterocycles. The summed E-state index contributed by atoms with van der Waals surface area (Å²) in [7, 11) is 0. The Morgan fingerprint density at radius 2 is 0.877 bits per heavy atom. The fraction of sp³-hybridized carbons (Fsp3) is 0. The third kappa shape index (κ3) is 4.87. The Labute approximate surface area is 326 Å². The van der Waals surface area contributed by atoms with Crippen molar-refractivity contribution < 1.29 is 4.42 Å². The third-order valence-electron chi connectivity index (χ3n) is 11.2. The first-order valence-electron chi connectivity index (χ1n) is 19.1. The van der Waals surface area contributed by atoms with E-state index in [9.17, 15) is 0 Å². The van der Waals surface area contributed by atoms with Crippen molar-refractivity contribution >= 4 is 65.6 Å². The van der Waals surface area contributed by atoms with Gasteiger partial charge in [-0.1, -0.05) is 133 Å². The molecule has 12 rings (SSSR count). The van der Waals surface area contributed by atoms with E-state index in [2.05, 4.69) is 161 Å². The average molecular weight is 730 g/mol. The number of nitrogens with zero attached hydrogens (tertiary/aromatic N) is 5. The van der Waals surface area contributed by atoms with Crippen LogP contribution in [-0.4, -0.2) is 24.1 Å². The molecule has 0 unspecified atom stereocenters. The van der Waals surface area contributed by atoms with Crippen LogP contribution in [0.1, 0.15) is 0 Å². The average Bonchev–Trinajstić information content (AvgIpc) is 3.94. The van der Waals surface area contributed by atoms with Gasteiger partial charge in [-0.25, -0.2) is 4.98 Å². The van der Waals surface area contributed by atoms with Crippen molar-refractivity contribution in [3.63, 3.8) is 0 Å². The molecule has 0 atom stereocenters. The molecular formula is C51H31N5O. The highest BCUT2D eigenvalue weighted by Gasteiger charge is 2.23. The van der Waals surface area contributed by atoms with Crippen LogP contribution in [0, 0.1) is 0 Å². The number of fused-ring (bicyclic) bond motifs is 10. The standard InChI is InChI=1S/C51H31N5O/c1-3-14-32(15-4-1)34-18-13-19-35(30-34)50-52-49(33-16-5-2-6-17-33)53-51(54-50)56-42-24-11-8-22-39(42)48-44(56)28-27-43-47(48)38-21-7-10-23-41(38)55(43)36-26-29-46-40(31-36)37-20-9-12-25-45(37)57-46/h1-31H. The molecule has 12 aromatic rings. The highest BCUT2D eigenvalue weighted by molar-refractivity contribution is 6.29. The minimum atomic E-state index is 0.565. The van der Waals surface area contributed by atoms with E-state index in [0.717, 1.165) is 82.7 Å². The SMILES string of the molecule is c1ccc(-c2cccc(-c3nc(-c4ccccc4)nc(-n4c5ccccc5c5c6c7ccccc7n(-c7ccc8oc9ccccc9c8c7)c6ccc54)n3)c2)cc1. The van der Waals surface area contributed by atoms with Gasteiger partial charge in [-0.15, -0.1) is 0 Å². The quantitative estimate of drug-likeness (QED) is 0.177. The van der Waals surface area contributed by atoms with E-state index in [1.807, 2.05) is 36.4 Å². The van der Waals surface area contributed by atoms with Gasteiger partial charge >= 0.3 is 0 Å².